The van der Waals surface area contributed by atoms with E-state index in [0.717, 1.165) is 23.7 Å². The van der Waals surface area contributed by atoms with E-state index in [2.05, 4.69) is 18.8 Å². The van der Waals surface area contributed by atoms with E-state index >= 15 is 0 Å². The molecule has 2 aromatic rings. The van der Waals surface area contributed by atoms with Crippen LogP contribution in [0.3, 0.4) is 0 Å². The zero-order valence-corrected chi connectivity index (χ0v) is 13.1. The van der Waals surface area contributed by atoms with Crippen molar-refractivity contribution in [2.75, 3.05) is 0 Å². The average Bonchev–Trinajstić information content (AvgIpc) is 2.47. The molecular formula is C17H19ClN2O. The molecule has 2 heterocycles. The van der Waals surface area contributed by atoms with Crippen LogP contribution in [0.4, 0.5) is 0 Å². The molecule has 0 radical (unpaired) electrons. The van der Waals surface area contributed by atoms with Gasteiger partial charge in [-0.2, -0.15) is 0 Å². The van der Waals surface area contributed by atoms with Crippen LogP contribution in [0.2, 0.25) is 5.02 Å². The fourth-order valence-electron chi connectivity index (χ4n) is 3.20. The lowest BCUT2D eigenvalue weighted by atomic mass is 9.97. The van der Waals surface area contributed by atoms with Crippen molar-refractivity contribution in [2.45, 2.75) is 45.2 Å². The Balaban J connectivity index is 2.01. The summed E-state index contributed by atoms with van der Waals surface area (Å²) in [6.07, 6.45) is 3.28. The quantitative estimate of drug-likeness (QED) is 0.787. The monoisotopic (exact) mass is 302 g/mol. The number of benzene rings is 1. The van der Waals surface area contributed by atoms with Crippen molar-refractivity contribution in [3.8, 4) is 0 Å². The van der Waals surface area contributed by atoms with Gasteiger partial charge in [-0.3, -0.25) is 4.79 Å². The molecule has 1 aromatic heterocycles. The first kappa shape index (κ1) is 14.3. The molecule has 1 amide bonds. The maximum absolute atomic E-state index is 12.8. The van der Waals surface area contributed by atoms with Crippen molar-refractivity contribution in [3.63, 3.8) is 0 Å². The van der Waals surface area contributed by atoms with Crippen LogP contribution < -0.4 is 0 Å². The van der Waals surface area contributed by atoms with Crippen LogP contribution in [-0.4, -0.2) is 27.9 Å². The number of piperidine rings is 1. The summed E-state index contributed by atoms with van der Waals surface area (Å²) in [4.78, 5) is 19.3. The molecule has 2 atom stereocenters. The standard InChI is InChI=1S/C17H19ClN2O/c1-11-6-5-7-12(2)20(11)17(21)16-10-14(18)13-8-3-4-9-15(13)19-16/h3-4,8-12H,5-7H2,1-2H3/t11-,12+. The van der Waals surface area contributed by atoms with Crippen LogP contribution in [-0.2, 0) is 0 Å². The van der Waals surface area contributed by atoms with Gasteiger partial charge in [-0.1, -0.05) is 29.8 Å². The van der Waals surface area contributed by atoms with Crippen molar-refractivity contribution >= 4 is 28.4 Å². The lowest BCUT2D eigenvalue weighted by molar-refractivity contribution is 0.0505. The summed E-state index contributed by atoms with van der Waals surface area (Å²) in [6.45, 7) is 4.21. The number of aromatic nitrogens is 1. The molecule has 1 fully saturated rings. The van der Waals surface area contributed by atoms with Crippen LogP contribution >= 0.6 is 11.6 Å². The minimum atomic E-state index is -0.0117. The van der Waals surface area contributed by atoms with Crippen LogP contribution in [0, 0.1) is 0 Å². The number of halogens is 1. The van der Waals surface area contributed by atoms with Crippen LogP contribution in [0.15, 0.2) is 30.3 Å². The van der Waals surface area contributed by atoms with Gasteiger partial charge in [-0.05, 0) is 45.2 Å². The Bertz CT molecular complexity index is 676. The summed E-state index contributed by atoms with van der Waals surface area (Å²) < 4.78 is 0. The van der Waals surface area contributed by atoms with E-state index in [-0.39, 0.29) is 18.0 Å². The molecule has 0 bridgehead atoms. The normalized spacial score (nSPS) is 22.5. The molecule has 3 rings (SSSR count). The van der Waals surface area contributed by atoms with Crippen LogP contribution in [0.25, 0.3) is 10.9 Å². The lowest BCUT2D eigenvalue weighted by Crippen LogP contribution is -2.47. The predicted molar refractivity (Wildman–Crippen MR) is 85.7 cm³/mol. The first-order valence-corrected chi connectivity index (χ1v) is 7.83. The van der Waals surface area contributed by atoms with E-state index in [4.69, 9.17) is 11.6 Å². The van der Waals surface area contributed by atoms with Gasteiger partial charge in [-0.25, -0.2) is 4.98 Å². The van der Waals surface area contributed by atoms with Crippen molar-refractivity contribution < 1.29 is 4.79 Å². The van der Waals surface area contributed by atoms with E-state index in [1.165, 1.54) is 6.42 Å². The highest BCUT2D eigenvalue weighted by Gasteiger charge is 2.30. The molecule has 0 spiro atoms. The Hall–Kier alpha value is -1.61. The maximum atomic E-state index is 12.8. The van der Waals surface area contributed by atoms with E-state index in [0.29, 0.717) is 10.7 Å². The molecule has 1 aliphatic heterocycles. The minimum absolute atomic E-state index is 0.0117. The molecule has 110 valence electrons. The summed E-state index contributed by atoms with van der Waals surface area (Å²) >= 11 is 6.31. The van der Waals surface area contributed by atoms with Crippen molar-refractivity contribution in [1.29, 1.82) is 0 Å². The van der Waals surface area contributed by atoms with E-state index < -0.39 is 0 Å². The highest BCUT2D eigenvalue weighted by molar-refractivity contribution is 6.35. The van der Waals surface area contributed by atoms with Gasteiger partial charge < -0.3 is 4.90 Å². The molecule has 0 aliphatic carbocycles. The number of rotatable bonds is 1. The summed E-state index contributed by atoms with van der Waals surface area (Å²) in [7, 11) is 0. The van der Waals surface area contributed by atoms with E-state index in [9.17, 15) is 4.79 Å². The molecule has 1 aliphatic rings. The number of hydrogen-bond acceptors (Lipinski definition) is 2. The Morgan fingerprint density at radius 3 is 2.62 bits per heavy atom. The third kappa shape index (κ3) is 2.62. The first-order valence-electron chi connectivity index (χ1n) is 7.46. The molecule has 3 nitrogen and oxygen atoms in total. The number of pyridine rings is 1. The third-order valence-corrected chi connectivity index (χ3v) is 4.63. The van der Waals surface area contributed by atoms with E-state index in [1.807, 2.05) is 29.2 Å². The Labute approximate surface area is 129 Å². The fraction of sp³-hybridized carbons (Fsp3) is 0.412. The predicted octanol–water partition coefficient (Wildman–Crippen LogP) is 4.29. The number of fused-ring (bicyclic) bond motifs is 1. The van der Waals surface area contributed by atoms with Crippen molar-refractivity contribution in [3.05, 3.63) is 41.0 Å². The van der Waals surface area contributed by atoms with Gasteiger partial charge in [-0.15, -0.1) is 0 Å². The Morgan fingerprint density at radius 1 is 1.24 bits per heavy atom. The smallest absolute Gasteiger partial charge is 0.273 e. The fourth-order valence-corrected chi connectivity index (χ4v) is 3.46. The third-order valence-electron chi connectivity index (χ3n) is 4.31. The molecule has 0 N–H and O–H groups in total. The second-order valence-corrected chi connectivity index (χ2v) is 6.26. The second kappa shape index (κ2) is 5.64. The lowest BCUT2D eigenvalue weighted by Gasteiger charge is -2.38. The number of carbonyl (C=O) groups excluding carboxylic acids is 1. The van der Waals surface area contributed by atoms with Crippen molar-refractivity contribution in [1.82, 2.24) is 9.88 Å². The number of likely N-dealkylation sites (tertiary alicyclic amines) is 1. The number of hydrogen-bond donors (Lipinski definition) is 0. The Morgan fingerprint density at radius 2 is 1.90 bits per heavy atom. The largest absolute Gasteiger partial charge is 0.332 e. The Kier molecular flexibility index (Phi) is 3.85. The molecule has 1 saturated heterocycles. The average molecular weight is 303 g/mol. The van der Waals surface area contributed by atoms with Gasteiger partial charge in [0, 0.05) is 17.5 Å². The van der Waals surface area contributed by atoms with Gasteiger partial charge in [0.1, 0.15) is 5.69 Å². The minimum Gasteiger partial charge on any atom is -0.332 e. The molecule has 0 unspecified atom stereocenters. The van der Waals surface area contributed by atoms with Gasteiger partial charge in [0.2, 0.25) is 0 Å². The summed E-state index contributed by atoms with van der Waals surface area (Å²) in [6, 6.07) is 9.85. The van der Waals surface area contributed by atoms with E-state index in [1.54, 1.807) is 6.07 Å². The molecule has 4 heteroatoms. The molecule has 21 heavy (non-hydrogen) atoms. The maximum Gasteiger partial charge on any atom is 0.273 e. The highest BCUT2D eigenvalue weighted by Crippen LogP contribution is 2.27. The van der Waals surface area contributed by atoms with Crippen LogP contribution in [0.1, 0.15) is 43.6 Å². The van der Waals surface area contributed by atoms with Crippen LogP contribution in [0.5, 0.6) is 0 Å². The SMILES string of the molecule is C[C@@H]1CCC[C@H](C)N1C(=O)c1cc(Cl)c2ccccc2n1. The molecular weight excluding hydrogens is 284 g/mol. The first-order chi connectivity index (χ1) is 10.1. The summed E-state index contributed by atoms with van der Waals surface area (Å²) in [5.74, 6) is -0.0117. The second-order valence-electron chi connectivity index (χ2n) is 5.85. The molecule has 1 aromatic carbocycles. The van der Waals surface area contributed by atoms with Gasteiger partial charge >= 0.3 is 0 Å². The topological polar surface area (TPSA) is 33.2 Å². The highest BCUT2D eigenvalue weighted by atomic mass is 35.5. The van der Waals surface area contributed by atoms with Gasteiger partial charge in [0.25, 0.3) is 5.91 Å². The zero-order chi connectivity index (χ0) is 15.0. The van der Waals surface area contributed by atoms with Crippen molar-refractivity contribution in [2.24, 2.45) is 0 Å². The van der Waals surface area contributed by atoms with Gasteiger partial charge in [0.05, 0.1) is 10.5 Å². The summed E-state index contributed by atoms with van der Waals surface area (Å²) in [5.41, 5.74) is 1.21. The number of carbonyl (C=O) groups is 1. The number of para-hydroxylation sites is 1. The van der Waals surface area contributed by atoms with Gasteiger partial charge in [0.15, 0.2) is 0 Å². The zero-order valence-electron chi connectivity index (χ0n) is 12.3. The molecule has 0 saturated carbocycles. The summed E-state index contributed by atoms with van der Waals surface area (Å²) in [5, 5.41) is 1.47. The number of amides is 1. The number of nitrogens with zero attached hydrogens (tertiary/aromatic N) is 2.